The normalized spacial score (nSPS) is 19.3. The smallest absolute Gasteiger partial charge is 0.251 e. The van der Waals surface area contributed by atoms with Crippen molar-refractivity contribution in [3.63, 3.8) is 0 Å². The summed E-state index contributed by atoms with van der Waals surface area (Å²) < 4.78 is 11.7. The number of methoxy groups -OCH3 is 1. The molecule has 0 aromatic heterocycles. The summed E-state index contributed by atoms with van der Waals surface area (Å²) in [5, 5.41) is 5.60. The molecule has 2 rings (SSSR count). The quantitative estimate of drug-likeness (QED) is 0.779. The molecule has 0 aliphatic carbocycles. The summed E-state index contributed by atoms with van der Waals surface area (Å²) in [4.78, 5) is 12.8. The van der Waals surface area contributed by atoms with E-state index < -0.39 is 0 Å². The van der Waals surface area contributed by atoms with Crippen molar-refractivity contribution in [2.45, 2.75) is 64.6 Å². The first-order chi connectivity index (χ1) is 11.6. The number of ether oxygens (including phenoxy) is 2. The maximum atomic E-state index is 12.8. The Morgan fingerprint density at radius 3 is 2.40 bits per heavy atom. The molecule has 5 nitrogen and oxygen atoms in total. The number of carbonyl (C=O) groups is 1. The highest BCUT2D eigenvalue weighted by Crippen LogP contribution is 2.36. The summed E-state index contributed by atoms with van der Waals surface area (Å²) in [6, 6.07) is 3.67. The predicted octanol–water partition coefficient (Wildman–Crippen LogP) is 2.87. The number of hydrogen-bond donors (Lipinski definition) is 2. The molecule has 140 valence electrons. The standard InChI is InChI=1S/C19H29BrN2O3/c1-7-25-16-14(20)8-12(9-15(16)24-6)17(23)21-13-10-18(2,3)22-19(4,5)11-13/h8-9,13,22H,7,10-11H2,1-6H3,(H,21,23)/p+1. The summed E-state index contributed by atoms with van der Waals surface area (Å²) >= 11 is 3.48. The van der Waals surface area contributed by atoms with Crippen molar-refractivity contribution in [1.82, 2.24) is 5.32 Å². The number of piperidine rings is 1. The van der Waals surface area contributed by atoms with Crippen LogP contribution in [0.3, 0.4) is 0 Å². The van der Waals surface area contributed by atoms with Gasteiger partial charge in [0.05, 0.1) is 29.3 Å². The molecule has 0 bridgehead atoms. The third-order valence-electron chi connectivity index (χ3n) is 4.44. The van der Waals surface area contributed by atoms with Gasteiger partial charge >= 0.3 is 0 Å². The first-order valence-corrected chi connectivity index (χ1v) is 9.54. The zero-order valence-electron chi connectivity index (χ0n) is 16.0. The van der Waals surface area contributed by atoms with Gasteiger partial charge in [-0.1, -0.05) is 0 Å². The van der Waals surface area contributed by atoms with Gasteiger partial charge in [0.15, 0.2) is 11.5 Å². The van der Waals surface area contributed by atoms with E-state index >= 15 is 0 Å². The molecule has 3 N–H and O–H groups in total. The van der Waals surface area contributed by atoms with Crippen molar-refractivity contribution >= 4 is 21.8 Å². The van der Waals surface area contributed by atoms with Crippen LogP contribution in [-0.2, 0) is 0 Å². The number of amides is 1. The van der Waals surface area contributed by atoms with Gasteiger partial charge in [-0.05, 0) is 62.7 Å². The predicted molar refractivity (Wildman–Crippen MR) is 102 cm³/mol. The lowest BCUT2D eigenvalue weighted by Crippen LogP contribution is -3.06. The highest BCUT2D eigenvalue weighted by atomic mass is 79.9. The second-order valence-corrected chi connectivity index (χ2v) is 8.98. The zero-order valence-corrected chi connectivity index (χ0v) is 17.6. The van der Waals surface area contributed by atoms with E-state index in [2.05, 4.69) is 54.3 Å². The van der Waals surface area contributed by atoms with Crippen LogP contribution in [0.15, 0.2) is 16.6 Å². The number of nitrogens with one attached hydrogen (secondary N) is 1. The Hall–Kier alpha value is -1.27. The monoisotopic (exact) mass is 413 g/mol. The SMILES string of the molecule is CCOc1c(Br)cc(C(=O)NC2CC(C)(C)[NH2+]C(C)(C)C2)cc1OC. The van der Waals surface area contributed by atoms with Crippen molar-refractivity contribution in [2.24, 2.45) is 0 Å². The maximum absolute atomic E-state index is 12.8. The highest BCUT2D eigenvalue weighted by molar-refractivity contribution is 9.10. The summed E-state index contributed by atoms with van der Waals surface area (Å²) in [6.45, 7) is 11.3. The van der Waals surface area contributed by atoms with Gasteiger partial charge < -0.3 is 20.1 Å². The largest absolute Gasteiger partial charge is 0.493 e. The number of rotatable bonds is 5. The molecule has 0 atom stereocenters. The Morgan fingerprint density at radius 2 is 1.88 bits per heavy atom. The Balaban J connectivity index is 2.19. The van der Waals surface area contributed by atoms with Crippen molar-refractivity contribution in [3.05, 3.63) is 22.2 Å². The number of halogens is 1. The fraction of sp³-hybridized carbons (Fsp3) is 0.632. The lowest BCUT2D eigenvalue weighted by atomic mass is 9.79. The highest BCUT2D eigenvalue weighted by Gasteiger charge is 2.42. The van der Waals surface area contributed by atoms with Crippen LogP contribution < -0.4 is 20.1 Å². The van der Waals surface area contributed by atoms with E-state index in [0.717, 1.165) is 17.3 Å². The average molecular weight is 414 g/mol. The third-order valence-corrected chi connectivity index (χ3v) is 5.03. The molecule has 25 heavy (non-hydrogen) atoms. The maximum Gasteiger partial charge on any atom is 0.251 e. The molecule has 6 heteroatoms. The Bertz CT molecular complexity index is 628. The molecule has 1 aromatic rings. The van der Waals surface area contributed by atoms with Crippen LogP contribution in [0, 0.1) is 0 Å². The van der Waals surface area contributed by atoms with Gasteiger partial charge in [0.25, 0.3) is 5.91 Å². The number of quaternary nitrogens is 1. The molecule has 1 fully saturated rings. The van der Waals surface area contributed by atoms with Gasteiger partial charge in [0.2, 0.25) is 0 Å². The molecule has 1 aromatic carbocycles. The van der Waals surface area contributed by atoms with Gasteiger partial charge in [-0.2, -0.15) is 0 Å². The molecule has 1 heterocycles. The molecule has 1 aliphatic rings. The van der Waals surface area contributed by atoms with Crippen LogP contribution in [0.5, 0.6) is 11.5 Å². The van der Waals surface area contributed by atoms with E-state index in [1.807, 2.05) is 6.92 Å². The van der Waals surface area contributed by atoms with E-state index in [1.165, 1.54) is 0 Å². The molecule has 1 saturated heterocycles. The number of nitrogens with two attached hydrogens (primary N) is 1. The lowest BCUT2D eigenvalue weighted by Gasteiger charge is -2.43. The molecule has 0 saturated carbocycles. The van der Waals surface area contributed by atoms with Gasteiger partial charge in [0.1, 0.15) is 0 Å². The molecule has 1 aliphatic heterocycles. The minimum Gasteiger partial charge on any atom is -0.493 e. The molecular weight excluding hydrogens is 384 g/mol. The number of carbonyl (C=O) groups excluding carboxylic acids is 1. The molecule has 0 radical (unpaired) electrons. The van der Waals surface area contributed by atoms with E-state index in [9.17, 15) is 4.79 Å². The molecule has 0 unspecified atom stereocenters. The van der Waals surface area contributed by atoms with Crippen molar-refractivity contribution in [3.8, 4) is 11.5 Å². The van der Waals surface area contributed by atoms with Crippen LogP contribution in [0.1, 0.15) is 57.8 Å². The lowest BCUT2D eigenvalue weighted by molar-refractivity contribution is -0.787. The van der Waals surface area contributed by atoms with Gasteiger partial charge in [-0.25, -0.2) is 0 Å². The van der Waals surface area contributed by atoms with Crippen molar-refractivity contribution in [2.75, 3.05) is 13.7 Å². The first-order valence-electron chi connectivity index (χ1n) is 8.75. The van der Waals surface area contributed by atoms with E-state index in [0.29, 0.717) is 23.7 Å². The van der Waals surface area contributed by atoms with E-state index in [4.69, 9.17) is 9.47 Å². The zero-order chi connectivity index (χ0) is 18.8. The van der Waals surface area contributed by atoms with Gasteiger partial charge in [0, 0.05) is 24.4 Å². The topological polar surface area (TPSA) is 64.2 Å². The summed E-state index contributed by atoms with van der Waals surface area (Å²) in [5.41, 5.74) is 0.783. The fourth-order valence-corrected chi connectivity index (χ4v) is 4.58. The minimum absolute atomic E-state index is 0.0828. The minimum atomic E-state index is -0.0828. The molecular formula is C19H30BrN2O3+. The van der Waals surface area contributed by atoms with Crippen molar-refractivity contribution in [1.29, 1.82) is 0 Å². The van der Waals surface area contributed by atoms with E-state index in [1.54, 1.807) is 19.2 Å². The van der Waals surface area contributed by atoms with Gasteiger partial charge in [-0.15, -0.1) is 0 Å². The van der Waals surface area contributed by atoms with Gasteiger partial charge in [-0.3, -0.25) is 4.79 Å². The molecule has 1 amide bonds. The summed E-state index contributed by atoms with van der Waals surface area (Å²) in [7, 11) is 1.58. The number of hydrogen-bond acceptors (Lipinski definition) is 3. The van der Waals surface area contributed by atoms with Crippen LogP contribution >= 0.6 is 15.9 Å². The average Bonchev–Trinajstić information content (AvgIpc) is 2.45. The summed E-state index contributed by atoms with van der Waals surface area (Å²) in [6.07, 6.45) is 1.88. The Labute approximate surface area is 159 Å². The molecule has 0 spiro atoms. The van der Waals surface area contributed by atoms with Crippen molar-refractivity contribution < 1.29 is 19.6 Å². The first kappa shape index (κ1) is 20.0. The van der Waals surface area contributed by atoms with E-state index in [-0.39, 0.29) is 23.0 Å². The fourth-order valence-electron chi connectivity index (χ4n) is 4.02. The third kappa shape index (κ3) is 5.11. The Morgan fingerprint density at radius 1 is 1.28 bits per heavy atom. The second kappa shape index (κ2) is 7.54. The van der Waals surface area contributed by atoms with Crippen LogP contribution in [-0.4, -0.2) is 36.7 Å². The summed E-state index contributed by atoms with van der Waals surface area (Å²) in [5.74, 6) is 1.09. The number of benzene rings is 1. The van der Waals surface area contributed by atoms with Crippen LogP contribution in [0.25, 0.3) is 0 Å². The second-order valence-electron chi connectivity index (χ2n) is 8.12. The van der Waals surface area contributed by atoms with Crippen LogP contribution in [0.4, 0.5) is 0 Å². The Kier molecular flexibility index (Phi) is 6.05. The van der Waals surface area contributed by atoms with Crippen LogP contribution in [0.2, 0.25) is 0 Å².